The van der Waals surface area contributed by atoms with E-state index in [1.807, 2.05) is 0 Å². The number of hydrogen-bond donors (Lipinski definition) is 2. The lowest BCUT2D eigenvalue weighted by molar-refractivity contribution is -0.137. The van der Waals surface area contributed by atoms with E-state index in [2.05, 4.69) is 14.7 Å². The fourth-order valence-electron chi connectivity index (χ4n) is 2.86. The molecular weight excluding hydrogens is 485 g/mol. The Labute approximate surface area is 191 Å². The van der Waals surface area contributed by atoms with Gasteiger partial charge in [-0.2, -0.15) is 13.2 Å². The van der Waals surface area contributed by atoms with Gasteiger partial charge in [-0.15, -0.1) is 0 Å². The van der Waals surface area contributed by atoms with Gasteiger partial charge in [-0.1, -0.05) is 17.7 Å². The van der Waals surface area contributed by atoms with E-state index in [1.165, 1.54) is 38.4 Å². The number of alkyl halides is 3. The zero-order valence-electron chi connectivity index (χ0n) is 17.1. The van der Waals surface area contributed by atoms with Crippen LogP contribution >= 0.6 is 11.6 Å². The van der Waals surface area contributed by atoms with Gasteiger partial charge in [0, 0.05) is 24.6 Å². The van der Waals surface area contributed by atoms with Gasteiger partial charge in [0.15, 0.2) is 0 Å². The van der Waals surface area contributed by atoms with Crippen molar-refractivity contribution in [2.24, 2.45) is 0 Å². The molecule has 0 saturated carbocycles. The monoisotopic (exact) mass is 500 g/mol. The Balaban J connectivity index is 1.99. The molecule has 1 aromatic carbocycles. The van der Waals surface area contributed by atoms with E-state index >= 15 is 0 Å². The molecule has 2 aromatic heterocycles. The molecule has 0 spiro atoms. The average molecular weight is 501 g/mol. The number of aromatic nitrogens is 2. The Kier molecular flexibility index (Phi) is 6.52. The smallest absolute Gasteiger partial charge is 0.324 e. The number of carbonyl (C=O) groups is 1. The second-order valence-electron chi connectivity index (χ2n) is 6.88. The van der Waals surface area contributed by atoms with E-state index in [0.29, 0.717) is 0 Å². The molecule has 0 bridgehead atoms. The van der Waals surface area contributed by atoms with Gasteiger partial charge in [0.05, 0.1) is 10.6 Å². The molecule has 33 heavy (non-hydrogen) atoms. The van der Waals surface area contributed by atoms with Crippen LogP contribution in [0.4, 0.5) is 24.7 Å². The first kappa shape index (κ1) is 24.3. The third-order valence-corrected chi connectivity index (χ3v) is 6.25. The summed E-state index contributed by atoms with van der Waals surface area (Å²) in [5, 5.41) is 0.281. The summed E-state index contributed by atoms with van der Waals surface area (Å²) in [6.07, 6.45) is -3.41. The molecule has 0 aliphatic carbocycles. The molecular formula is C20H16ClF3N4O4S. The van der Waals surface area contributed by atoms with Crippen LogP contribution in [0.1, 0.15) is 21.6 Å². The van der Waals surface area contributed by atoms with Crippen LogP contribution < -0.4 is 15.2 Å². The van der Waals surface area contributed by atoms with Crippen LogP contribution in [0.15, 0.2) is 58.4 Å². The summed E-state index contributed by atoms with van der Waals surface area (Å²) in [5.41, 5.74) is -2.66. The maximum absolute atomic E-state index is 13.0. The highest BCUT2D eigenvalue weighted by Gasteiger charge is 2.31. The van der Waals surface area contributed by atoms with Crippen molar-refractivity contribution in [2.45, 2.75) is 18.0 Å². The minimum atomic E-state index is -4.64. The molecule has 0 saturated heterocycles. The van der Waals surface area contributed by atoms with Crippen LogP contribution in [0.3, 0.4) is 0 Å². The van der Waals surface area contributed by atoms with E-state index < -0.39 is 43.7 Å². The van der Waals surface area contributed by atoms with Crippen LogP contribution in [-0.4, -0.2) is 31.3 Å². The first-order valence-corrected chi connectivity index (χ1v) is 11.0. The molecule has 0 fully saturated rings. The van der Waals surface area contributed by atoms with Crippen molar-refractivity contribution < 1.29 is 26.4 Å². The highest BCUT2D eigenvalue weighted by atomic mass is 35.5. The average Bonchev–Trinajstić information content (AvgIpc) is 2.73. The molecule has 0 aliphatic rings. The number of rotatable bonds is 5. The second-order valence-corrected chi connectivity index (χ2v) is 8.97. The standard InChI is InChI=1S/C20H16ClF3N4O4S/c1-11-16(33(31,32)27-17-7-6-13(21)10-25-17)9-15(18(29)26-11)19(30)28(2)14-5-3-4-12(8-14)20(22,23)24/h3-10H,1-2H3,(H,25,27)(H,26,29). The van der Waals surface area contributed by atoms with Crippen molar-refractivity contribution in [2.75, 3.05) is 16.7 Å². The Bertz CT molecular complexity index is 1370. The van der Waals surface area contributed by atoms with Gasteiger partial charge in [-0.05, 0) is 43.3 Å². The van der Waals surface area contributed by atoms with Crippen LogP contribution in [0, 0.1) is 6.92 Å². The zero-order chi connectivity index (χ0) is 24.6. The number of nitrogens with one attached hydrogen (secondary N) is 2. The number of pyridine rings is 2. The number of amides is 1. The first-order valence-electron chi connectivity index (χ1n) is 9.13. The number of benzene rings is 1. The summed E-state index contributed by atoms with van der Waals surface area (Å²) in [6, 6.07) is 7.52. The van der Waals surface area contributed by atoms with Gasteiger partial charge in [0.2, 0.25) is 0 Å². The lowest BCUT2D eigenvalue weighted by Crippen LogP contribution is -2.33. The predicted molar refractivity (Wildman–Crippen MR) is 116 cm³/mol. The lowest BCUT2D eigenvalue weighted by Gasteiger charge is -2.19. The topological polar surface area (TPSA) is 112 Å². The van der Waals surface area contributed by atoms with Gasteiger partial charge in [-0.3, -0.25) is 14.3 Å². The van der Waals surface area contributed by atoms with Crippen LogP contribution in [0.2, 0.25) is 5.02 Å². The maximum Gasteiger partial charge on any atom is 0.416 e. The molecule has 3 aromatic rings. The van der Waals surface area contributed by atoms with Gasteiger partial charge in [-0.25, -0.2) is 13.4 Å². The molecule has 0 unspecified atom stereocenters. The number of sulfonamides is 1. The van der Waals surface area contributed by atoms with Gasteiger partial charge >= 0.3 is 6.18 Å². The number of nitrogens with zero attached hydrogens (tertiary/aromatic N) is 2. The van der Waals surface area contributed by atoms with Crippen molar-refractivity contribution in [3.05, 3.63) is 80.9 Å². The van der Waals surface area contributed by atoms with E-state index in [1.54, 1.807) is 0 Å². The van der Waals surface area contributed by atoms with Crippen LogP contribution in [0.25, 0.3) is 0 Å². The van der Waals surface area contributed by atoms with E-state index in [4.69, 9.17) is 11.6 Å². The second kappa shape index (κ2) is 8.87. The Morgan fingerprint density at radius 1 is 1.18 bits per heavy atom. The number of hydrogen-bond acceptors (Lipinski definition) is 5. The van der Waals surface area contributed by atoms with Crippen molar-refractivity contribution in [1.82, 2.24) is 9.97 Å². The normalized spacial score (nSPS) is 11.8. The number of aryl methyl sites for hydroxylation is 1. The molecule has 1 amide bonds. The molecule has 2 heterocycles. The van der Waals surface area contributed by atoms with Gasteiger partial charge < -0.3 is 9.88 Å². The van der Waals surface area contributed by atoms with Crippen LogP contribution in [-0.2, 0) is 16.2 Å². The Hall–Kier alpha value is -3.38. The number of carbonyl (C=O) groups excluding carboxylic acids is 1. The predicted octanol–water partition coefficient (Wildman–Crippen LogP) is 3.83. The number of aromatic amines is 1. The lowest BCUT2D eigenvalue weighted by atomic mass is 10.1. The maximum atomic E-state index is 13.0. The van der Waals surface area contributed by atoms with Crippen molar-refractivity contribution in [3.8, 4) is 0 Å². The highest BCUT2D eigenvalue weighted by molar-refractivity contribution is 7.92. The van der Waals surface area contributed by atoms with Crippen molar-refractivity contribution in [3.63, 3.8) is 0 Å². The summed E-state index contributed by atoms with van der Waals surface area (Å²) in [6.45, 7) is 1.32. The van der Waals surface area contributed by atoms with Crippen molar-refractivity contribution in [1.29, 1.82) is 0 Å². The summed E-state index contributed by atoms with van der Waals surface area (Å²) in [4.78, 5) is 31.8. The molecule has 174 valence electrons. The fourth-order valence-corrected chi connectivity index (χ4v) is 4.20. The third-order valence-electron chi connectivity index (χ3n) is 4.54. The largest absolute Gasteiger partial charge is 0.416 e. The summed E-state index contributed by atoms with van der Waals surface area (Å²) in [7, 11) is -3.12. The molecule has 13 heteroatoms. The summed E-state index contributed by atoms with van der Waals surface area (Å²) in [5.74, 6) is -1.06. The molecule has 8 nitrogen and oxygen atoms in total. The third kappa shape index (κ3) is 5.34. The molecule has 3 rings (SSSR count). The highest BCUT2D eigenvalue weighted by Crippen LogP contribution is 2.31. The minimum Gasteiger partial charge on any atom is -0.324 e. The first-order chi connectivity index (χ1) is 15.3. The summed E-state index contributed by atoms with van der Waals surface area (Å²) < 4.78 is 66.9. The molecule has 0 radical (unpaired) electrons. The number of halogens is 4. The van der Waals surface area contributed by atoms with Gasteiger partial charge in [0.1, 0.15) is 16.3 Å². The minimum absolute atomic E-state index is 0.0558. The van der Waals surface area contributed by atoms with E-state index in [9.17, 15) is 31.2 Å². The Morgan fingerprint density at radius 3 is 2.48 bits per heavy atom. The number of anilines is 2. The van der Waals surface area contributed by atoms with Gasteiger partial charge in [0.25, 0.3) is 21.5 Å². The van der Waals surface area contributed by atoms with Crippen LogP contribution in [0.5, 0.6) is 0 Å². The molecule has 0 atom stereocenters. The number of H-pyrrole nitrogens is 1. The SMILES string of the molecule is Cc1[nH]c(=O)c(C(=O)N(C)c2cccc(C(F)(F)F)c2)cc1S(=O)(=O)Nc1ccc(Cl)cn1. The van der Waals surface area contributed by atoms with E-state index in [-0.39, 0.29) is 22.2 Å². The van der Waals surface area contributed by atoms with E-state index in [0.717, 1.165) is 29.2 Å². The Morgan fingerprint density at radius 2 is 1.88 bits per heavy atom. The zero-order valence-corrected chi connectivity index (χ0v) is 18.6. The summed E-state index contributed by atoms with van der Waals surface area (Å²) >= 11 is 5.73. The molecule has 0 aliphatic heterocycles. The molecule has 2 N–H and O–H groups in total. The van der Waals surface area contributed by atoms with Crippen molar-refractivity contribution >= 4 is 39.0 Å². The quantitative estimate of drug-likeness (QED) is 0.553. The fraction of sp³-hybridized carbons (Fsp3) is 0.150.